The van der Waals surface area contributed by atoms with Crippen molar-refractivity contribution >= 4 is 33.3 Å². The standard InChI is InChI=1S/C14H21N5OS/c1-4-9-7-10-11(16-13(18-15)17-12(10)21-9)19-5-6-20-14(2,3)8-19/h7H,4-6,8,15H2,1-3H3,(H,16,17,18). The van der Waals surface area contributed by atoms with Gasteiger partial charge in [0.15, 0.2) is 0 Å². The van der Waals surface area contributed by atoms with Crippen LogP contribution in [0, 0.1) is 0 Å². The lowest BCUT2D eigenvalue weighted by atomic mass is 10.1. The minimum absolute atomic E-state index is 0.171. The van der Waals surface area contributed by atoms with E-state index in [0.29, 0.717) is 12.6 Å². The van der Waals surface area contributed by atoms with E-state index in [4.69, 9.17) is 10.6 Å². The van der Waals surface area contributed by atoms with Gasteiger partial charge in [0.1, 0.15) is 10.6 Å². The fraction of sp³-hybridized carbons (Fsp3) is 0.571. The predicted molar refractivity (Wildman–Crippen MR) is 86.8 cm³/mol. The number of aryl methyl sites for hydroxylation is 1. The van der Waals surface area contributed by atoms with Gasteiger partial charge in [0.2, 0.25) is 5.95 Å². The summed E-state index contributed by atoms with van der Waals surface area (Å²) >= 11 is 1.70. The molecule has 0 aromatic carbocycles. The first-order valence-corrected chi connectivity index (χ1v) is 8.00. The highest BCUT2D eigenvalue weighted by Crippen LogP contribution is 2.34. The van der Waals surface area contributed by atoms with Crippen LogP contribution >= 0.6 is 11.3 Å². The van der Waals surface area contributed by atoms with Crippen LogP contribution in [0.2, 0.25) is 0 Å². The minimum Gasteiger partial charge on any atom is -0.372 e. The summed E-state index contributed by atoms with van der Waals surface area (Å²) < 4.78 is 5.79. The summed E-state index contributed by atoms with van der Waals surface area (Å²) in [7, 11) is 0. The molecule has 1 aliphatic heterocycles. The Hall–Kier alpha value is -1.44. The summed E-state index contributed by atoms with van der Waals surface area (Å²) in [6, 6.07) is 2.19. The number of hydrogen-bond acceptors (Lipinski definition) is 7. The van der Waals surface area contributed by atoms with Crippen LogP contribution in [0.5, 0.6) is 0 Å². The first kappa shape index (κ1) is 14.5. The maximum absolute atomic E-state index is 5.79. The Labute approximate surface area is 128 Å². The maximum atomic E-state index is 5.79. The molecule has 1 fully saturated rings. The van der Waals surface area contributed by atoms with E-state index in [-0.39, 0.29) is 5.60 Å². The average Bonchev–Trinajstić information content (AvgIpc) is 2.88. The number of rotatable bonds is 3. The van der Waals surface area contributed by atoms with E-state index in [1.807, 2.05) is 0 Å². The highest BCUT2D eigenvalue weighted by atomic mass is 32.1. The average molecular weight is 307 g/mol. The molecule has 0 atom stereocenters. The van der Waals surface area contributed by atoms with Crippen LogP contribution in [0.4, 0.5) is 11.8 Å². The van der Waals surface area contributed by atoms with Crippen molar-refractivity contribution in [2.45, 2.75) is 32.8 Å². The third kappa shape index (κ3) is 2.81. The smallest absolute Gasteiger partial charge is 0.240 e. The number of anilines is 2. The van der Waals surface area contributed by atoms with E-state index >= 15 is 0 Å². The summed E-state index contributed by atoms with van der Waals surface area (Å²) in [4.78, 5) is 13.6. The van der Waals surface area contributed by atoms with Crippen LogP contribution in [0.3, 0.4) is 0 Å². The lowest BCUT2D eigenvalue weighted by Crippen LogP contribution is -2.48. The molecular weight excluding hydrogens is 286 g/mol. The number of nitrogens with zero attached hydrogens (tertiary/aromatic N) is 3. The Morgan fingerprint density at radius 2 is 2.29 bits per heavy atom. The summed E-state index contributed by atoms with van der Waals surface area (Å²) in [5.41, 5.74) is 2.40. The molecule has 0 amide bonds. The molecule has 0 saturated carbocycles. The van der Waals surface area contributed by atoms with Crippen molar-refractivity contribution in [3.63, 3.8) is 0 Å². The zero-order valence-electron chi connectivity index (χ0n) is 12.6. The highest BCUT2D eigenvalue weighted by Gasteiger charge is 2.29. The van der Waals surface area contributed by atoms with Gasteiger partial charge in [-0.15, -0.1) is 11.3 Å². The molecule has 7 heteroatoms. The van der Waals surface area contributed by atoms with Crippen molar-refractivity contribution in [1.82, 2.24) is 9.97 Å². The monoisotopic (exact) mass is 307 g/mol. The van der Waals surface area contributed by atoms with Gasteiger partial charge in [-0.2, -0.15) is 4.98 Å². The third-order valence-corrected chi connectivity index (χ3v) is 4.80. The number of morpholine rings is 1. The van der Waals surface area contributed by atoms with E-state index < -0.39 is 0 Å². The summed E-state index contributed by atoms with van der Waals surface area (Å²) in [5, 5.41) is 1.11. The molecule has 21 heavy (non-hydrogen) atoms. The van der Waals surface area contributed by atoms with E-state index in [9.17, 15) is 0 Å². The molecular formula is C14H21N5OS. The summed E-state index contributed by atoms with van der Waals surface area (Å²) in [5.74, 6) is 6.93. The number of nitrogen functional groups attached to an aromatic ring is 1. The molecule has 0 bridgehead atoms. The van der Waals surface area contributed by atoms with Crippen LogP contribution in [-0.2, 0) is 11.2 Å². The van der Waals surface area contributed by atoms with Crippen molar-refractivity contribution in [2.75, 3.05) is 30.0 Å². The van der Waals surface area contributed by atoms with Crippen molar-refractivity contribution in [1.29, 1.82) is 0 Å². The first-order valence-electron chi connectivity index (χ1n) is 7.18. The maximum Gasteiger partial charge on any atom is 0.240 e. The SMILES string of the molecule is CCc1cc2c(N3CCOC(C)(C)C3)nc(NN)nc2s1. The van der Waals surface area contributed by atoms with Gasteiger partial charge >= 0.3 is 0 Å². The fourth-order valence-corrected chi connectivity index (χ4v) is 3.60. The number of hydrazine groups is 1. The van der Waals surface area contributed by atoms with E-state index in [0.717, 1.165) is 35.5 Å². The van der Waals surface area contributed by atoms with Crippen molar-refractivity contribution in [2.24, 2.45) is 5.84 Å². The molecule has 3 rings (SSSR count). The Bertz CT molecular complexity index is 654. The van der Waals surface area contributed by atoms with Crippen LogP contribution in [0.25, 0.3) is 10.2 Å². The van der Waals surface area contributed by atoms with Gasteiger partial charge in [0.05, 0.1) is 17.6 Å². The molecule has 0 spiro atoms. The van der Waals surface area contributed by atoms with Crippen LogP contribution in [0.15, 0.2) is 6.07 Å². The number of fused-ring (bicyclic) bond motifs is 1. The lowest BCUT2D eigenvalue weighted by molar-refractivity contribution is -0.0278. The Kier molecular flexibility index (Phi) is 3.73. The number of aromatic nitrogens is 2. The van der Waals surface area contributed by atoms with Crippen molar-refractivity contribution in [3.05, 3.63) is 10.9 Å². The number of ether oxygens (including phenoxy) is 1. The Balaban J connectivity index is 2.09. The number of thiophene rings is 1. The second kappa shape index (κ2) is 5.40. The van der Waals surface area contributed by atoms with Crippen LogP contribution in [0.1, 0.15) is 25.6 Å². The topological polar surface area (TPSA) is 76.3 Å². The molecule has 2 aromatic rings. The second-order valence-electron chi connectivity index (χ2n) is 5.83. The molecule has 6 nitrogen and oxygen atoms in total. The van der Waals surface area contributed by atoms with Gasteiger partial charge in [0, 0.05) is 18.0 Å². The van der Waals surface area contributed by atoms with Crippen molar-refractivity contribution in [3.8, 4) is 0 Å². The zero-order valence-corrected chi connectivity index (χ0v) is 13.5. The third-order valence-electron chi connectivity index (χ3n) is 3.63. The molecule has 0 radical (unpaired) electrons. The number of nitrogens with two attached hydrogens (primary N) is 1. The van der Waals surface area contributed by atoms with Gasteiger partial charge in [-0.05, 0) is 26.3 Å². The lowest BCUT2D eigenvalue weighted by Gasteiger charge is -2.39. The van der Waals surface area contributed by atoms with Gasteiger partial charge in [-0.25, -0.2) is 10.8 Å². The normalized spacial score (nSPS) is 18.2. The summed E-state index contributed by atoms with van der Waals surface area (Å²) in [6.45, 7) is 8.69. The fourth-order valence-electron chi connectivity index (χ4n) is 2.63. The van der Waals surface area contributed by atoms with Gasteiger partial charge in [-0.3, -0.25) is 5.43 Å². The number of hydrogen-bond donors (Lipinski definition) is 2. The van der Waals surface area contributed by atoms with E-state index in [1.54, 1.807) is 11.3 Å². The summed E-state index contributed by atoms with van der Waals surface area (Å²) in [6.07, 6.45) is 1.00. The largest absolute Gasteiger partial charge is 0.372 e. The predicted octanol–water partition coefficient (Wildman–Crippen LogP) is 2.15. The second-order valence-corrected chi connectivity index (χ2v) is 6.95. The molecule has 1 aliphatic rings. The number of nitrogens with one attached hydrogen (secondary N) is 1. The molecule has 0 unspecified atom stereocenters. The van der Waals surface area contributed by atoms with Crippen LogP contribution < -0.4 is 16.2 Å². The molecule has 3 N–H and O–H groups in total. The molecule has 1 saturated heterocycles. The first-order chi connectivity index (χ1) is 10.0. The van der Waals surface area contributed by atoms with E-state index in [2.05, 4.69) is 47.1 Å². The zero-order chi connectivity index (χ0) is 15.0. The molecule has 0 aliphatic carbocycles. The molecule has 2 aromatic heterocycles. The van der Waals surface area contributed by atoms with Gasteiger partial charge < -0.3 is 9.64 Å². The van der Waals surface area contributed by atoms with Crippen LogP contribution in [-0.4, -0.2) is 35.3 Å². The van der Waals surface area contributed by atoms with Crippen molar-refractivity contribution < 1.29 is 4.74 Å². The van der Waals surface area contributed by atoms with Gasteiger partial charge in [-0.1, -0.05) is 6.92 Å². The van der Waals surface area contributed by atoms with Gasteiger partial charge in [0.25, 0.3) is 0 Å². The molecule has 3 heterocycles. The Morgan fingerprint density at radius 1 is 1.48 bits per heavy atom. The quantitative estimate of drug-likeness (QED) is 0.668. The molecule has 114 valence electrons. The minimum atomic E-state index is -0.171. The Morgan fingerprint density at radius 3 is 2.95 bits per heavy atom. The van der Waals surface area contributed by atoms with E-state index in [1.165, 1.54) is 4.88 Å². The highest BCUT2D eigenvalue weighted by molar-refractivity contribution is 7.18.